The monoisotopic (exact) mass is 521 g/mol. The average Bonchev–Trinajstić information content (AvgIpc) is 3.20. The lowest BCUT2D eigenvalue weighted by Crippen LogP contribution is -2.55. The van der Waals surface area contributed by atoms with Crippen molar-refractivity contribution in [3.05, 3.63) is 143 Å². The summed E-state index contributed by atoms with van der Waals surface area (Å²) in [5.74, 6) is -1.79. The first kappa shape index (κ1) is 25.5. The van der Waals surface area contributed by atoms with E-state index in [-0.39, 0.29) is 31.2 Å². The number of amides is 2. The van der Waals surface area contributed by atoms with Gasteiger partial charge < -0.3 is 5.11 Å². The van der Waals surface area contributed by atoms with Crippen LogP contribution in [0.4, 0.5) is 0 Å². The van der Waals surface area contributed by atoms with E-state index in [1.54, 1.807) is 24.3 Å². The van der Waals surface area contributed by atoms with Crippen LogP contribution in [0.2, 0.25) is 0 Å². The molecule has 4 aromatic rings. The zero-order chi connectivity index (χ0) is 26.8. The van der Waals surface area contributed by atoms with Crippen molar-refractivity contribution in [3.63, 3.8) is 0 Å². The van der Waals surface area contributed by atoms with Gasteiger partial charge in [0, 0.05) is 6.54 Å². The molecule has 2 amide bonds. The topological polar surface area (TPSA) is 74.7 Å². The van der Waals surface area contributed by atoms with Gasteiger partial charge in [-0.15, -0.1) is 0 Å². The Balaban J connectivity index is 1.60. The minimum atomic E-state index is -1.63. The Morgan fingerprint density at radius 3 is 1.39 bits per heavy atom. The van der Waals surface area contributed by atoms with Crippen molar-refractivity contribution in [1.29, 1.82) is 0 Å². The summed E-state index contributed by atoms with van der Waals surface area (Å²) in [6.45, 7) is 0.0936. The van der Waals surface area contributed by atoms with Crippen LogP contribution in [0.15, 0.2) is 115 Å². The number of hydrogen-bond acceptors (Lipinski definition) is 4. The first-order chi connectivity index (χ1) is 18.4. The van der Waals surface area contributed by atoms with Crippen molar-refractivity contribution in [1.82, 2.24) is 4.90 Å². The molecular weight excluding hydrogens is 494 g/mol. The number of carbonyl (C=O) groups excluding carboxylic acids is 2. The van der Waals surface area contributed by atoms with E-state index in [4.69, 9.17) is 12.6 Å². The lowest BCUT2D eigenvalue weighted by atomic mass is 9.60. The number of carboxylic acids is 1. The van der Waals surface area contributed by atoms with E-state index in [0.29, 0.717) is 11.1 Å². The smallest absolute Gasteiger partial charge is 0.321 e. The van der Waals surface area contributed by atoms with E-state index in [1.165, 1.54) is 4.90 Å². The number of hydrogen-bond donors (Lipinski definition) is 2. The molecule has 1 atom stereocenters. The van der Waals surface area contributed by atoms with Gasteiger partial charge in [-0.1, -0.05) is 103 Å². The Labute approximate surface area is 227 Å². The number of carbonyl (C=O) groups is 3. The molecular formula is C32H27NO4S. The Morgan fingerprint density at radius 1 is 0.658 bits per heavy atom. The van der Waals surface area contributed by atoms with Gasteiger partial charge in [0.25, 0.3) is 11.8 Å². The van der Waals surface area contributed by atoms with Crippen LogP contribution in [0.1, 0.15) is 50.2 Å². The van der Waals surface area contributed by atoms with Crippen LogP contribution in [0.25, 0.3) is 0 Å². The summed E-state index contributed by atoms with van der Waals surface area (Å²) >= 11 is 5.01. The van der Waals surface area contributed by atoms with Gasteiger partial charge in [0.1, 0.15) is 4.75 Å². The second-order valence-corrected chi connectivity index (χ2v) is 10.2. The normalized spacial score (nSPS) is 14.7. The summed E-state index contributed by atoms with van der Waals surface area (Å²) in [6.07, 6.45) is 0.354. The van der Waals surface area contributed by atoms with Gasteiger partial charge in [-0.25, -0.2) is 0 Å². The van der Waals surface area contributed by atoms with Crippen LogP contribution in [-0.4, -0.2) is 39.1 Å². The van der Waals surface area contributed by atoms with E-state index < -0.39 is 16.1 Å². The predicted molar refractivity (Wildman–Crippen MR) is 150 cm³/mol. The Hall–Kier alpha value is -4.16. The largest absolute Gasteiger partial charge is 0.480 e. The molecule has 38 heavy (non-hydrogen) atoms. The number of aliphatic carboxylic acids is 1. The van der Waals surface area contributed by atoms with E-state index in [9.17, 15) is 19.5 Å². The summed E-state index contributed by atoms with van der Waals surface area (Å²) < 4.78 is -1.63. The molecule has 1 aliphatic rings. The molecule has 5 nitrogen and oxygen atoms in total. The van der Waals surface area contributed by atoms with Gasteiger partial charge in [-0.05, 0) is 41.7 Å². The molecule has 1 aliphatic heterocycles. The highest BCUT2D eigenvalue weighted by atomic mass is 32.1. The van der Waals surface area contributed by atoms with Crippen molar-refractivity contribution in [2.24, 2.45) is 0 Å². The molecule has 0 radical (unpaired) electrons. The second-order valence-electron chi connectivity index (χ2n) is 9.42. The first-order valence-corrected chi connectivity index (χ1v) is 12.9. The highest BCUT2D eigenvalue weighted by Crippen LogP contribution is 2.52. The summed E-state index contributed by atoms with van der Waals surface area (Å²) in [6, 6.07) is 35.4. The van der Waals surface area contributed by atoms with Crippen molar-refractivity contribution < 1.29 is 19.5 Å². The molecule has 0 fully saturated rings. The minimum absolute atomic E-state index is 0.0936. The number of nitrogens with zero attached hydrogens (tertiary/aromatic N) is 1. The zero-order valence-corrected chi connectivity index (χ0v) is 21.6. The van der Waals surface area contributed by atoms with Gasteiger partial charge in [-0.2, -0.15) is 12.6 Å². The Bertz CT molecular complexity index is 1340. The van der Waals surface area contributed by atoms with Crippen LogP contribution >= 0.6 is 12.6 Å². The highest BCUT2D eigenvalue weighted by molar-refractivity contribution is 7.82. The highest BCUT2D eigenvalue weighted by Gasteiger charge is 2.57. The molecule has 0 saturated carbocycles. The van der Waals surface area contributed by atoms with Crippen LogP contribution in [-0.2, 0) is 10.2 Å². The summed E-state index contributed by atoms with van der Waals surface area (Å²) in [5.41, 5.74) is 1.94. The SMILES string of the molecule is O=C1c2ccccc2C(=O)N1CCCC(S)(C(=O)O)C(c1ccccc1)(c1ccccc1)c1ccccc1. The van der Waals surface area contributed by atoms with Crippen molar-refractivity contribution in [3.8, 4) is 0 Å². The standard InChI is InChI=1S/C32H27NO4S/c34-28-26-19-10-11-20-27(26)29(35)33(28)22-12-21-31(38,30(36)37)32(23-13-4-1-5-14-23,24-15-6-2-7-16-24)25-17-8-3-9-18-25/h1-11,13-20,38H,12,21-22H2,(H,36,37). The van der Waals surface area contributed by atoms with Crippen LogP contribution < -0.4 is 0 Å². The minimum Gasteiger partial charge on any atom is -0.480 e. The molecule has 0 bridgehead atoms. The first-order valence-electron chi connectivity index (χ1n) is 12.5. The maximum atomic E-state index is 13.3. The maximum Gasteiger partial charge on any atom is 0.321 e. The predicted octanol–water partition coefficient (Wildman–Crippen LogP) is 5.85. The molecule has 1 heterocycles. The third kappa shape index (κ3) is 4.02. The molecule has 6 heteroatoms. The number of thiol groups is 1. The zero-order valence-electron chi connectivity index (χ0n) is 20.7. The Kier molecular flexibility index (Phi) is 6.91. The molecule has 0 aliphatic carbocycles. The molecule has 0 saturated heterocycles. The fourth-order valence-electron chi connectivity index (χ4n) is 5.67. The number of imide groups is 1. The van der Waals surface area contributed by atoms with Crippen molar-refractivity contribution >= 4 is 30.4 Å². The summed E-state index contributed by atoms with van der Waals surface area (Å²) in [4.78, 5) is 40.4. The third-order valence-electron chi connectivity index (χ3n) is 7.39. The van der Waals surface area contributed by atoms with E-state index in [0.717, 1.165) is 16.7 Å². The van der Waals surface area contributed by atoms with Gasteiger partial charge in [0.05, 0.1) is 16.5 Å². The van der Waals surface area contributed by atoms with E-state index >= 15 is 0 Å². The molecule has 0 spiro atoms. The van der Waals surface area contributed by atoms with Crippen molar-refractivity contribution in [2.45, 2.75) is 23.0 Å². The molecule has 0 aromatic heterocycles. The van der Waals surface area contributed by atoms with Crippen LogP contribution in [0.5, 0.6) is 0 Å². The number of benzene rings is 4. The van der Waals surface area contributed by atoms with Gasteiger partial charge >= 0.3 is 5.97 Å². The average molecular weight is 522 g/mol. The maximum absolute atomic E-state index is 13.3. The van der Waals surface area contributed by atoms with Gasteiger partial charge in [-0.3, -0.25) is 19.3 Å². The molecule has 1 unspecified atom stereocenters. The summed E-state index contributed by atoms with van der Waals surface area (Å²) in [5, 5.41) is 10.9. The fourth-order valence-corrected chi connectivity index (χ4v) is 6.22. The molecule has 4 aromatic carbocycles. The molecule has 5 rings (SSSR count). The quantitative estimate of drug-likeness (QED) is 0.165. The Morgan fingerprint density at radius 2 is 1.03 bits per heavy atom. The van der Waals surface area contributed by atoms with Gasteiger partial charge in [0.2, 0.25) is 0 Å². The number of rotatable bonds is 9. The number of carboxylic acid groups (broad SMARTS) is 1. The molecule has 190 valence electrons. The third-order valence-corrected chi connectivity index (χ3v) is 8.14. The lowest BCUT2D eigenvalue weighted by Gasteiger charge is -2.47. The van der Waals surface area contributed by atoms with Crippen molar-refractivity contribution in [2.75, 3.05) is 6.54 Å². The van der Waals surface area contributed by atoms with Crippen LogP contribution in [0, 0.1) is 0 Å². The van der Waals surface area contributed by atoms with Crippen LogP contribution in [0.3, 0.4) is 0 Å². The van der Waals surface area contributed by atoms with Gasteiger partial charge in [0.15, 0.2) is 0 Å². The summed E-state index contributed by atoms with van der Waals surface area (Å²) in [7, 11) is 0. The fraction of sp³-hybridized carbons (Fsp3) is 0.156. The van der Waals surface area contributed by atoms with E-state index in [2.05, 4.69) is 0 Å². The molecule has 1 N–H and O–H groups in total. The lowest BCUT2D eigenvalue weighted by molar-refractivity contribution is -0.141. The van der Waals surface area contributed by atoms with E-state index in [1.807, 2.05) is 91.0 Å². The second kappa shape index (κ2) is 10.3. The number of fused-ring (bicyclic) bond motifs is 1.